The Balaban J connectivity index is 1.86. The zero-order valence-electron chi connectivity index (χ0n) is 20.6. The Morgan fingerprint density at radius 1 is 1.00 bits per heavy atom. The summed E-state index contributed by atoms with van der Waals surface area (Å²) in [4.78, 5) is 44.9. The molecule has 8 nitrogen and oxygen atoms in total. The SMILES string of the molecule is Cc1ccc([C@H](C(=O)NC(C)(C)C)N(Cc2ccco2)C(=O)CCC(=O)Nc2ccccn2)cc1. The van der Waals surface area contributed by atoms with Gasteiger partial charge >= 0.3 is 0 Å². The molecule has 0 unspecified atom stereocenters. The van der Waals surface area contributed by atoms with E-state index in [1.807, 2.05) is 52.0 Å². The number of nitrogens with one attached hydrogen (secondary N) is 2. The summed E-state index contributed by atoms with van der Waals surface area (Å²) in [5.74, 6) is -0.0242. The molecule has 3 amide bonds. The van der Waals surface area contributed by atoms with Crippen LogP contribution in [-0.4, -0.2) is 33.1 Å². The van der Waals surface area contributed by atoms with Gasteiger partial charge in [-0.3, -0.25) is 14.4 Å². The highest BCUT2D eigenvalue weighted by atomic mass is 16.3. The molecule has 2 N–H and O–H groups in total. The molecule has 0 radical (unpaired) electrons. The normalized spacial score (nSPS) is 12.0. The number of carbonyl (C=O) groups is 3. The maximum Gasteiger partial charge on any atom is 0.247 e. The average Bonchev–Trinajstić information content (AvgIpc) is 3.31. The van der Waals surface area contributed by atoms with Gasteiger partial charge in [0.05, 0.1) is 12.8 Å². The summed E-state index contributed by atoms with van der Waals surface area (Å²) in [5, 5.41) is 5.68. The van der Waals surface area contributed by atoms with Gasteiger partial charge in [-0.2, -0.15) is 0 Å². The van der Waals surface area contributed by atoms with E-state index in [0.717, 1.165) is 5.56 Å². The van der Waals surface area contributed by atoms with Gasteiger partial charge in [0.2, 0.25) is 17.7 Å². The molecule has 0 saturated heterocycles. The highest BCUT2D eigenvalue weighted by Gasteiger charge is 2.33. The molecule has 8 heteroatoms. The molecule has 184 valence electrons. The van der Waals surface area contributed by atoms with Crippen molar-refractivity contribution in [1.82, 2.24) is 15.2 Å². The van der Waals surface area contributed by atoms with E-state index in [-0.39, 0.29) is 37.1 Å². The minimum absolute atomic E-state index is 0.0500. The summed E-state index contributed by atoms with van der Waals surface area (Å²) in [6.07, 6.45) is 2.97. The predicted molar refractivity (Wildman–Crippen MR) is 133 cm³/mol. The lowest BCUT2D eigenvalue weighted by Crippen LogP contribution is -2.49. The zero-order chi connectivity index (χ0) is 25.4. The number of pyridine rings is 1. The maximum atomic E-state index is 13.5. The third kappa shape index (κ3) is 7.81. The topological polar surface area (TPSA) is 105 Å². The van der Waals surface area contributed by atoms with Gasteiger partial charge < -0.3 is 20.0 Å². The van der Waals surface area contributed by atoms with Gasteiger partial charge in [0, 0.05) is 24.6 Å². The van der Waals surface area contributed by atoms with Crippen LogP contribution in [-0.2, 0) is 20.9 Å². The van der Waals surface area contributed by atoms with Gasteiger partial charge in [-0.15, -0.1) is 0 Å². The van der Waals surface area contributed by atoms with E-state index in [1.54, 1.807) is 36.5 Å². The monoisotopic (exact) mass is 476 g/mol. The molecule has 2 heterocycles. The highest BCUT2D eigenvalue weighted by Crippen LogP contribution is 2.26. The van der Waals surface area contributed by atoms with Crippen LogP contribution in [0.1, 0.15) is 56.5 Å². The van der Waals surface area contributed by atoms with E-state index < -0.39 is 11.6 Å². The molecule has 0 aliphatic carbocycles. The summed E-state index contributed by atoms with van der Waals surface area (Å²) in [5.41, 5.74) is 1.22. The van der Waals surface area contributed by atoms with Gasteiger partial charge in [-0.1, -0.05) is 35.9 Å². The van der Waals surface area contributed by atoms with E-state index in [1.165, 1.54) is 11.2 Å². The second-order valence-electron chi connectivity index (χ2n) is 9.42. The lowest BCUT2D eigenvalue weighted by molar-refractivity contribution is -0.143. The standard InChI is InChI=1S/C27H32N4O4/c1-19-10-12-20(13-11-19)25(26(34)30-27(2,3)4)31(18-21-8-7-17-35-21)24(33)15-14-23(32)29-22-9-5-6-16-28-22/h5-13,16-17,25H,14-15,18H2,1-4H3,(H,30,34)(H,28,29,32)/t25-/m1/s1. The molecular weight excluding hydrogens is 444 g/mol. The summed E-state index contributed by atoms with van der Waals surface area (Å²) in [6, 6.07) is 15.3. The van der Waals surface area contributed by atoms with Crippen molar-refractivity contribution in [1.29, 1.82) is 0 Å². The predicted octanol–water partition coefficient (Wildman–Crippen LogP) is 4.39. The minimum Gasteiger partial charge on any atom is -0.467 e. The smallest absolute Gasteiger partial charge is 0.247 e. The molecule has 0 bridgehead atoms. The first kappa shape index (κ1) is 25.7. The molecule has 35 heavy (non-hydrogen) atoms. The van der Waals surface area contributed by atoms with Crippen LogP contribution in [0.5, 0.6) is 0 Å². The van der Waals surface area contributed by atoms with Gasteiger partial charge in [-0.25, -0.2) is 4.98 Å². The van der Waals surface area contributed by atoms with Crippen LogP contribution < -0.4 is 10.6 Å². The van der Waals surface area contributed by atoms with Crippen LogP contribution in [0.25, 0.3) is 0 Å². The largest absolute Gasteiger partial charge is 0.467 e. The van der Waals surface area contributed by atoms with Gasteiger partial charge in [0.1, 0.15) is 17.6 Å². The van der Waals surface area contributed by atoms with E-state index in [4.69, 9.17) is 4.42 Å². The first-order chi connectivity index (χ1) is 16.6. The molecule has 3 aromatic rings. The lowest BCUT2D eigenvalue weighted by Gasteiger charge is -2.33. The molecular formula is C27H32N4O4. The number of rotatable bonds is 9. The van der Waals surface area contributed by atoms with E-state index >= 15 is 0 Å². The Kier molecular flexibility index (Phi) is 8.41. The number of amides is 3. The number of furan rings is 1. The fourth-order valence-corrected chi connectivity index (χ4v) is 3.56. The first-order valence-corrected chi connectivity index (χ1v) is 11.5. The number of hydrogen-bond acceptors (Lipinski definition) is 5. The number of aromatic nitrogens is 1. The maximum absolute atomic E-state index is 13.5. The van der Waals surface area contributed by atoms with Crippen molar-refractivity contribution in [2.45, 2.75) is 58.7 Å². The van der Waals surface area contributed by atoms with Crippen LogP contribution in [0.3, 0.4) is 0 Å². The van der Waals surface area contributed by atoms with E-state index in [0.29, 0.717) is 17.1 Å². The first-order valence-electron chi connectivity index (χ1n) is 11.5. The molecule has 0 aliphatic heterocycles. The van der Waals surface area contributed by atoms with Crippen molar-refractivity contribution in [3.8, 4) is 0 Å². The van der Waals surface area contributed by atoms with Crippen LogP contribution in [0, 0.1) is 6.92 Å². The Morgan fingerprint density at radius 3 is 2.34 bits per heavy atom. The molecule has 2 aromatic heterocycles. The molecule has 0 saturated carbocycles. The Bertz CT molecular complexity index is 1120. The third-order valence-electron chi connectivity index (χ3n) is 5.18. The van der Waals surface area contributed by atoms with E-state index in [2.05, 4.69) is 15.6 Å². The quantitative estimate of drug-likeness (QED) is 0.477. The molecule has 3 rings (SSSR count). The number of benzene rings is 1. The molecule has 0 spiro atoms. The number of nitrogens with zero attached hydrogens (tertiary/aromatic N) is 2. The van der Waals surface area contributed by atoms with Crippen LogP contribution in [0.2, 0.25) is 0 Å². The van der Waals surface area contributed by atoms with Crippen molar-refractivity contribution >= 4 is 23.5 Å². The summed E-state index contributed by atoms with van der Waals surface area (Å²) >= 11 is 0. The van der Waals surface area contributed by atoms with Crippen molar-refractivity contribution in [3.63, 3.8) is 0 Å². The van der Waals surface area contributed by atoms with Crippen molar-refractivity contribution in [2.24, 2.45) is 0 Å². The van der Waals surface area contributed by atoms with Crippen molar-refractivity contribution in [2.75, 3.05) is 5.32 Å². The Morgan fingerprint density at radius 2 is 1.74 bits per heavy atom. The number of carbonyl (C=O) groups excluding carboxylic acids is 3. The number of anilines is 1. The van der Waals surface area contributed by atoms with Crippen molar-refractivity contribution < 1.29 is 18.8 Å². The fourth-order valence-electron chi connectivity index (χ4n) is 3.56. The zero-order valence-corrected chi connectivity index (χ0v) is 20.6. The lowest BCUT2D eigenvalue weighted by atomic mass is 10.00. The summed E-state index contributed by atoms with van der Waals surface area (Å²) in [7, 11) is 0. The fraction of sp³-hybridized carbons (Fsp3) is 0.333. The van der Waals surface area contributed by atoms with Gasteiger partial charge in [0.25, 0.3) is 0 Å². The van der Waals surface area contributed by atoms with Crippen LogP contribution >= 0.6 is 0 Å². The Hall–Kier alpha value is -3.94. The molecule has 1 atom stereocenters. The number of hydrogen-bond donors (Lipinski definition) is 2. The van der Waals surface area contributed by atoms with Gasteiger partial charge in [0.15, 0.2) is 0 Å². The second-order valence-corrected chi connectivity index (χ2v) is 9.42. The van der Waals surface area contributed by atoms with Crippen molar-refractivity contribution in [3.05, 3.63) is 83.9 Å². The van der Waals surface area contributed by atoms with Gasteiger partial charge in [-0.05, 0) is 57.5 Å². The van der Waals surface area contributed by atoms with Crippen LogP contribution in [0.15, 0.2) is 71.5 Å². The molecule has 1 aromatic carbocycles. The minimum atomic E-state index is -0.897. The second kappa shape index (κ2) is 11.5. The summed E-state index contributed by atoms with van der Waals surface area (Å²) < 4.78 is 5.49. The summed E-state index contributed by atoms with van der Waals surface area (Å²) in [6.45, 7) is 7.71. The molecule has 0 fully saturated rings. The Labute approximate surface area is 205 Å². The average molecular weight is 477 g/mol. The van der Waals surface area contributed by atoms with Crippen LogP contribution in [0.4, 0.5) is 5.82 Å². The third-order valence-corrected chi connectivity index (χ3v) is 5.18. The molecule has 0 aliphatic rings. The highest BCUT2D eigenvalue weighted by molar-refractivity contribution is 5.94. The number of aryl methyl sites for hydroxylation is 1. The van der Waals surface area contributed by atoms with E-state index in [9.17, 15) is 14.4 Å².